The summed E-state index contributed by atoms with van der Waals surface area (Å²) in [5.41, 5.74) is 0.482. The molecule has 32 heavy (non-hydrogen) atoms. The molecule has 1 aliphatic rings. The van der Waals surface area contributed by atoms with E-state index in [2.05, 4.69) is 0 Å². The van der Waals surface area contributed by atoms with Crippen molar-refractivity contribution in [3.63, 3.8) is 0 Å². The molecule has 1 unspecified atom stereocenters. The topological polar surface area (TPSA) is 90.4 Å². The molecule has 8 nitrogen and oxygen atoms in total. The number of hydrogen-bond acceptors (Lipinski definition) is 5. The maximum atomic E-state index is 13.4. The number of amides is 4. The molecule has 1 aliphatic heterocycles. The Morgan fingerprint density at radius 1 is 1.19 bits per heavy atom. The van der Waals surface area contributed by atoms with Crippen LogP contribution in [0.3, 0.4) is 0 Å². The van der Waals surface area contributed by atoms with E-state index in [1.807, 2.05) is 0 Å². The molecule has 0 saturated carbocycles. The Kier molecular flexibility index (Phi) is 6.71. The van der Waals surface area contributed by atoms with Crippen molar-refractivity contribution in [2.24, 2.45) is 0 Å². The van der Waals surface area contributed by atoms with Crippen LogP contribution in [0, 0.1) is 5.82 Å². The van der Waals surface area contributed by atoms with Gasteiger partial charge in [-0.15, -0.1) is 0 Å². The summed E-state index contributed by atoms with van der Waals surface area (Å²) in [7, 11) is 1.51. The van der Waals surface area contributed by atoms with E-state index in [1.165, 1.54) is 24.1 Å². The van der Waals surface area contributed by atoms with E-state index in [0.29, 0.717) is 10.8 Å². The summed E-state index contributed by atoms with van der Waals surface area (Å²) in [5, 5.41) is 10.3. The first-order chi connectivity index (χ1) is 15.1. The molecule has 0 aromatic heterocycles. The van der Waals surface area contributed by atoms with Crippen LogP contribution in [0.15, 0.2) is 42.5 Å². The molecule has 1 fully saturated rings. The molecular weight excluding hydrogens is 441 g/mol. The monoisotopic (exact) mass is 463 g/mol. The van der Waals surface area contributed by atoms with Crippen molar-refractivity contribution in [3.8, 4) is 16.9 Å². The second-order valence-electron chi connectivity index (χ2n) is 7.92. The van der Waals surface area contributed by atoms with Gasteiger partial charge in [0.15, 0.2) is 0 Å². The van der Waals surface area contributed by atoms with Crippen LogP contribution in [0.5, 0.6) is 5.75 Å². The Bertz CT molecular complexity index is 1030. The predicted octanol–water partition coefficient (Wildman–Crippen LogP) is 3.41. The van der Waals surface area contributed by atoms with Crippen LogP contribution in [0.2, 0.25) is 5.02 Å². The van der Waals surface area contributed by atoms with E-state index in [0.717, 1.165) is 16.0 Å². The Morgan fingerprint density at radius 2 is 1.81 bits per heavy atom. The van der Waals surface area contributed by atoms with Gasteiger partial charge in [0.2, 0.25) is 6.41 Å². The van der Waals surface area contributed by atoms with Crippen molar-refractivity contribution < 1.29 is 28.7 Å². The van der Waals surface area contributed by atoms with Crippen LogP contribution < -0.4 is 4.74 Å². The Balaban J connectivity index is 1.69. The van der Waals surface area contributed by atoms with E-state index in [-0.39, 0.29) is 24.6 Å². The third-order valence-electron chi connectivity index (χ3n) is 5.55. The van der Waals surface area contributed by atoms with Gasteiger partial charge < -0.3 is 9.64 Å². The highest BCUT2D eigenvalue weighted by Gasteiger charge is 2.50. The zero-order valence-corrected chi connectivity index (χ0v) is 18.5. The van der Waals surface area contributed by atoms with Gasteiger partial charge in [-0.3, -0.25) is 19.7 Å². The van der Waals surface area contributed by atoms with Crippen molar-refractivity contribution in [1.82, 2.24) is 14.9 Å². The van der Waals surface area contributed by atoms with Gasteiger partial charge in [-0.25, -0.2) is 14.2 Å². The van der Waals surface area contributed by atoms with Gasteiger partial charge in [0.25, 0.3) is 5.91 Å². The second-order valence-corrected chi connectivity index (χ2v) is 8.33. The Hall–Kier alpha value is -3.17. The minimum absolute atomic E-state index is 0.0161. The number of carbonyl (C=O) groups is 3. The smallest absolute Gasteiger partial charge is 0.327 e. The number of nitrogens with zero attached hydrogens (tertiary/aromatic N) is 3. The van der Waals surface area contributed by atoms with E-state index in [4.69, 9.17) is 16.3 Å². The van der Waals surface area contributed by atoms with Gasteiger partial charge in [-0.2, -0.15) is 0 Å². The zero-order valence-electron chi connectivity index (χ0n) is 17.8. The number of benzene rings is 2. The average molecular weight is 464 g/mol. The molecule has 0 bridgehead atoms. The molecule has 0 radical (unpaired) electrons. The quantitative estimate of drug-likeness (QED) is 0.280. The van der Waals surface area contributed by atoms with Gasteiger partial charge in [0.05, 0.1) is 11.6 Å². The number of imide groups is 1. The third kappa shape index (κ3) is 4.53. The van der Waals surface area contributed by atoms with Gasteiger partial charge in [-0.05, 0) is 49.2 Å². The lowest BCUT2D eigenvalue weighted by atomic mass is 10.1. The van der Waals surface area contributed by atoms with Crippen molar-refractivity contribution >= 4 is 29.9 Å². The number of urea groups is 1. The fourth-order valence-corrected chi connectivity index (χ4v) is 3.44. The number of carbonyl (C=O) groups excluding carboxylic acids is 3. The largest absolute Gasteiger partial charge is 0.491 e. The van der Waals surface area contributed by atoms with Gasteiger partial charge in [-0.1, -0.05) is 29.8 Å². The molecule has 1 atom stereocenters. The number of hydrogen-bond donors (Lipinski definition) is 1. The standard InChI is InChI=1S/C22H23ClFN3O5/c1-22(2)20(29)26(21(30)25(22)3)11-16(27(31)13-28)12-32-17-7-4-14(5-8-17)15-6-9-19(24)18(23)10-15/h4-10,13,16,31H,11-12H2,1-3H3. The molecule has 1 saturated heterocycles. The minimum atomic E-state index is -1.02. The van der Waals surface area contributed by atoms with Gasteiger partial charge in [0.1, 0.15) is 29.8 Å². The highest BCUT2D eigenvalue weighted by molar-refractivity contribution is 6.31. The van der Waals surface area contributed by atoms with Crippen molar-refractivity contribution in [2.75, 3.05) is 20.2 Å². The number of ether oxygens (including phenoxy) is 1. The first kappa shape index (κ1) is 23.5. The van der Waals surface area contributed by atoms with Gasteiger partial charge >= 0.3 is 6.03 Å². The maximum absolute atomic E-state index is 13.4. The van der Waals surface area contributed by atoms with Crippen LogP contribution in [0.25, 0.3) is 11.1 Å². The van der Waals surface area contributed by atoms with Crippen LogP contribution >= 0.6 is 11.6 Å². The second kappa shape index (κ2) is 9.13. The molecule has 0 aliphatic carbocycles. The molecule has 2 aromatic rings. The number of halogens is 2. The minimum Gasteiger partial charge on any atom is -0.491 e. The number of likely N-dealkylation sites (N-methyl/N-ethyl adjacent to an activating group) is 1. The van der Waals surface area contributed by atoms with Crippen molar-refractivity contribution in [1.29, 1.82) is 0 Å². The summed E-state index contributed by atoms with van der Waals surface area (Å²) < 4.78 is 19.0. The van der Waals surface area contributed by atoms with E-state index in [1.54, 1.807) is 44.2 Å². The molecule has 1 N–H and O–H groups in total. The summed E-state index contributed by atoms with van der Waals surface area (Å²) >= 11 is 5.83. The molecular formula is C22H23ClFN3O5. The first-order valence-corrected chi connectivity index (χ1v) is 10.1. The zero-order chi connectivity index (χ0) is 23.6. The normalized spacial score (nSPS) is 16.3. The molecule has 170 valence electrons. The predicted molar refractivity (Wildman–Crippen MR) is 115 cm³/mol. The summed E-state index contributed by atoms with van der Waals surface area (Å²) in [6.07, 6.45) is 0.190. The molecule has 4 amide bonds. The highest BCUT2D eigenvalue weighted by atomic mass is 35.5. The highest BCUT2D eigenvalue weighted by Crippen LogP contribution is 2.28. The Morgan fingerprint density at radius 3 is 2.34 bits per heavy atom. The van der Waals surface area contributed by atoms with E-state index in [9.17, 15) is 24.0 Å². The lowest BCUT2D eigenvalue weighted by Crippen LogP contribution is -2.48. The fraction of sp³-hybridized carbons (Fsp3) is 0.318. The van der Waals surface area contributed by atoms with Crippen LogP contribution in [-0.4, -0.2) is 70.2 Å². The van der Waals surface area contributed by atoms with Gasteiger partial charge in [0, 0.05) is 7.05 Å². The molecule has 10 heteroatoms. The van der Waals surface area contributed by atoms with Crippen molar-refractivity contribution in [3.05, 3.63) is 53.3 Å². The SMILES string of the molecule is CN1C(=O)N(CC(COc2ccc(-c3ccc(F)c(Cl)c3)cc2)N(O)C=O)C(=O)C1(C)C. The first-order valence-electron chi connectivity index (χ1n) is 9.76. The van der Waals surface area contributed by atoms with Crippen LogP contribution in [0.1, 0.15) is 13.8 Å². The Labute approximate surface area is 189 Å². The van der Waals surface area contributed by atoms with Crippen LogP contribution in [0.4, 0.5) is 9.18 Å². The molecule has 0 spiro atoms. The molecule has 1 heterocycles. The number of rotatable bonds is 8. The van der Waals surface area contributed by atoms with E-state index < -0.39 is 29.3 Å². The summed E-state index contributed by atoms with van der Waals surface area (Å²) in [5.74, 6) is -0.505. The molecule has 2 aromatic carbocycles. The van der Waals surface area contributed by atoms with Crippen molar-refractivity contribution in [2.45, 2.75) is 25.4 Å². The van der Waals surface area contributed by atoms with E-state index >= 15 is 0 Å². The lowest BCUT2D eigenvalue weighted by Gasteiger charge is -2.26. The maximum Gasteiger partial charge on any atom is 0.327 e. The summed E-state index contributed by atoms with van der Waals surface area (Å²) in [4.78, 5) is 38.4. The molecule has 3 rings (SSSR count). The summed E-state index contributed by atoms with van der Waals surface area (Å²) in [6, 6.07) is 9.71. The van der Waals surface area contributed by atoms with Crippen LogP contribution in [-0.2, 0) is 9.59 Å². The number of hydroxylamine groups is 2. The average Bonchev–Trinajstić information content (AvgIpc) is 2.92. The third-order valence-corrected chi connectivity index (χ3v) is 5.84. The lowest BCUT2D eigenvalue weighted by molar-refractivity contribution is -0.165. The fourth-order valence-electron chi connectivity index (χ4n) is 3.26. The summed E-state index contributed by atoms with van der Waals surface area (Å²) in [6.45, 7) is 2.83.